The van der Waals surface area contributed by atoms with Crippen molar-refractivity contribution in [2.75, 3.05) is 0 Å². The molecule has 5 heteroatoms. The topological polar surface area (TPSA) is 44.5 Å². The van der Waals surface area contributed by atoms with E-state index in [1.165, 1.54) is 17.7 Å². The fourth-order valence-corrected chi connectivity index (χ4v) is 3.49. The quantitative estimate of drug-likeness (QED) is 0.540. The summed E-state index contributed by atoms with van der Waals surface area (Å²) in [7, 11) is 0. The van der Waals surface area contributed by atoms with Crippen molar-refractivity contribution in [3.63, 3.8) is 0 Å². The van der Waals surface area contributed by atoms with Gasteiger partial charge >= 0.3 is 0 Å². The number of benzene rings is 2. The van der Waals surface area contributed by atoms with Crippen LogP contribution in [-0.4, -0.2) is 17.2 Å². The van der Waals surface area contributed by atoms with E-state index in [1.807, 2.05) is 18.2 Å². The van der Waals surface area contributed by atoms with E-state index in [0.717, 1.165) is 36.9 Å². The maximum Gasteiger partial charge on any atom is 0.226 e. The lowest BCUT2D eigenvalue weighted by Gasteiger charge is -2.29. The number of rotatable bonds is 7. The Morgan fingerprint density at radius 1 is 0.929 bits per heavy atom. The van der Waals surface area contributed by atoms with Gasteiger partial charge in [-0.05, 0) is 55.5 Å². The van der Waals surface area contributed by atoms with Gasteiger partial charge in [0.2, 0.25) is 5.89 Å². The average molecular weight is 381 g/mol. The highest BCUT2D eigenvalue weighted by molar-refractivity contribution is 5.52. The molecule has 0 radical (unpaired) electrons. The fraction of sp³-hybridized carbons (Fsp3) is 0.348. The molecule has 1 fully saturated rings. The summed E-state index contributed by atoms with van der Waals surface area (Å²) in [6.45, 7) is 1.04. The van der Waals surface area contributed by atoms with Gasteiger partial charge in [0.25, 0.3) is 0 Å². The number of hydrogen-bond donors (Lipinski definition) is 0. The van der Waals surface area contributed by atoms with E-state index in [9.17, 15) is 4.39 Å². The van der Waals surface area contributed by atoms with Crippen LogP contribution in [0, 0.1) is 5.82 Å². The molecule has 0 aliphatic heterocycles. The van der Waals surface area contributed by atoms with Crippen molar-refractivity contribution in [2.45, 2.75) is 51.1 Å². The summed E-state index contributed by atoms with van der Waals surface area (Å²) in [5, 5.41) is 0. The van der Waals surface area contributed by atoms with Gasteiger partial charge in [-0.15, -0.1) is 0 Å². The van der Waals surface area contributed by atoms with Gasteiger partial charge in [-0.1, -0.05) is 30.3 Å². The van der Waals surface area contributed by atoms with Crippen molar-refractivity contribution in [3.05, 3.63) is 77.9 Å². The minimum atomic E-state index is -0.278. The summed E-state index contributed by atoms with van der Waals surface area (Å²) in [6.07, 6.45) is 6.11. The van der Waals surface area contributed by atoms with E-state index in [4.69, 9.17) is 13.9 Å². The van der Waals surface area contributed by atoms with Crippen LogP contribution in [0.25, 0.3) is 11.5 Å². The number of hydrogen-bond acceptors (Lipinski definition) is 4. The van der Waals surface area contributed by atoms with Gasteiger partial charge in [0.1, 0.15) is 17.8 Å². The smallest absolute Gasteiger partial charge is 0.226 e. The first-order valence-electron chi connectivity index (χ1n) is 9.74. The molecular formula is C23H24FNO3. The zero-order valence-corrected chi connectivity index (χ0v) is 15.7. The molecule has 0 saturated heterocycles. The Labute approximate surface area is 164 Å². The Kier molecular flexibility index (Phi) is 6.14. The number of aromatic nitrogens is 1. The Hall–Kier alpha value is -2.50. The summed E-state index contributed by atoms with van der Waals surface area (Å²) in [5.41, 5.74) is 2.69. The Morgan fingerprint density at radius 3 is 2.39 bits per heavy atom. The molecule has 1 saturated carbocycles. The van der Waals surface area contributed by atoms with Crippen LogP contribution < -0.4 is 0 Å². The average Bonchev–Trinajstić information content (AvgIpc) is 3.21. The summed E-state index contributed by atoms with van der Waals surface area (Å²) >= 11 is 0. The standard InChI is InChI=1S/C23H24FNO3/c24-19-11-9-18(10-12-19)23-25-20(16-28-23)15-27-22-8-4-7-21(13-22)26-14-17-5-2-1-3-6-17/h1-3,5-6,9-12,16,21-22H,4,7-8,13-15H2/t21?,22-/m1/s1. The molecule has 0 N–H and O–H groups in total. The highest BCUT2D eigenvalue weighted by Gasteiger charge is 2.23. The lowest BCUT2D eigenvalue weighted by molar-refractivity contribution is -0.0561. The molecule has 1 unspecified atom stereocenters. The molecule has 146 valence electrons. The molecule has 4 rings (SSSR count). The third-order valence-corrected chi connectivity index (χ3v) is 5.02. The third kappa shape index (κ3) is 5.06. The lowest BCUT2D eigenvalue weighted by atomic mass is 9.95. The Balaban J connectivity index is 1.26. The van der Waals surface area contributed by atoms with Gasteiger partial charge in [-0.25, -0.2) is 9.37 Å². The van der Waals surface area contributed by atoms with E-state index >= 15 is 0 Å². The second-order valence-electron chi connectivity index (χ2n) is 7.17. The van der Waals surface area contributed by atoms with Crippen molar-refractivity contribution >= 4 is 0 Å². The highest BCUT2D eigenvalue weighted by atomic mass is 19.1. The van der Waals surface area contributed by atoms with Crippen molar-refractivity contribution in [2.24, 2.45) is 0 Å². The first-order valence-corrected chi connectivity index (χ1v) is 9.74. The fourth-order valence-electron chi connectivity index (χ4n) is 3.49. The minimum Gasteiger partial charge on any atom is -0.444 e. The molecule has 2 atom stereocenters. The van der Waals surface area contributed by atoms with Crippen LogP contribution in [0.4, 0.5) is 4.39 Å². The van der Waals surface area contributed by atoms with Crippen LogP contribution in [0.15, 0.2) is 65.3 Å². The predicted molar refractivity (Wildman–Crippen MR) is 104 cm³/mol. The summed E-state index contributed by atoms with van der Waals surface area (Å²) in [5.74, 6) is 0.200. The molecule has 1 aromatic heterocycles. The van der Waals surface area contributed by atoms with E-state index in [-0.39, 0.29) is 18.0 Å². The second-order valence-corrected chi connectivity index (χ2v) is 7.17. The van der Waals surface area contributed by atoms with Crippen LogP contribution in [0.2, 0.25) is 0 Å². The maximum absolute atomic E-state index is 13.0. The van der Waals surface area contributed by atoms with Gasteiger partial charge in [-0.3, -0.25) is 0 Å². The monoisotopic (exact) mass is 381 g/mol. The van der Waals surface area contributed by atoms with Crippen LogP contribution in [0.1, 0.15) is 36.9 Å². The first-order chi connectivity index (χ1) is 13.8. The highest BCUT2D eigenvalue weighted by Crippen LogP contribution is 2.26. The zero-order valence-electron chi connectivity index (χ0n) is 15.7. The molecule has 0 amide bonds. The summed E-state index contributed by atoms with van der Waals surface area (Å²) in [4.78, 5) is 4.44. The van der Waals surface area contributed by atoms with Crippen molar-refractivity contribution < 1.29 is 18.3 Å². The number of oxazole rings is 1. The Morgan fingerprint density at radius 2 is 1.64 bits per heavy atom. The molecule has 1 aliphatic carbocycles. The second kappa shape index (κ2) is 9.13. The lowest BCUT2D eigenvalue weighted by Crippen LogP contribution is -2.28. The van der Waals surface area contributed by atoms with Crippen LogP contribution in [0.3, 0.4) is 0 Å². The molecule has 28 heavy (non-hydrogen) atoms. The van der Waals surface area contributed by atoms with Crippen molar-refractivity contribution in [1.82, 2.24) is 4.98 Å². The molecule has 0 bridgehead atoms. The molecule has 2 aromatic carbocycles. The van der Waals surface area contributed by atoms with E-state index in [2.05, 4.69) is 17.1 Å². The van der Waals surface area contributed by atoms with E-state index in [1.54, 1.807) is 18.4 Å². The van der Waals surface area contributed by atoms with Crippen LogP contribution in [0.5, 0.6) is 0 Å². The van der Waals surface area contributed by atoms with Crippen molar-refractivity contribution in [1.29, 1.82) is 0 Å². The summed E-state index contributed by atoms with van der Waals surface area (Å²) < 4.78 is 30.7. The van der Waals surface area contributed by atoms with E-state index < -0.39 is 0 Å². The van der Waals surface area contributed by atoms with E-state index in [0.29, 0.717) is 19.1 Å². The normalized spacial score (nSPS) is 19.6. The predicted octanol–water partition coefficient (Wildman–Crippen LogP) is 5.53. The zero-order chi connectivity index (χ0) is 19.2. The summed E-state index contributed by atoms with van der Waals surface area (Å²) in [6, 6.07) is 16.3. The molecule has 1 aliphatic rings. The first kappa shape index (κ1) is 18.8. The molecule has 4 nitrogen and oxygen atoms in total. The molecule has 1 heterocycles. The van der Waals surface area contributed by atoms with Crippen LogP contribution in [-0.2, 0) is 22.7 Å². The van der Waals surface area contributed by atoms with Gasteiger partial charge < -0.3 is 13.9 Å². The number of ether oxygens (including phenoxy) is 2. The largest absolute Gasteiger partial charge is 0.444 e. The molecular weight excluding hydrogens is 357 g/mol. The SMILES string of the molecule is Fc1ccc(-c2nc(CO[C@@H]3CCCC(OCc4ccccc4)C3)co2)cc1. The van der Waals surface area contributed by atoms with Crippen LogP contribution >= 0.6 is 0 Å². The molecule has 3 aromatic rings. The third-order valence-electron chi connectivity index (χ3n) is 5.02. The van der Waals surface area contributed by atoms with Gasteiger partial charge in [0, 0.05) is 5.56 Å². The number of nitrogens with zero attached hydrogens (tertiary/aromatic N) is 1. The van der Waals surface area contributed by atoms with Gasteiger partial charge in [0.05, 0.1) is 25.4 Å². The number of halogens is 1. The van der Waals surface area contributed by atoms with Gasteiger partial charge in [-0.2, -0.15) is 0 Å². The van der Waals surface area contributed by atoms with Crippen molar-refractivity contribution in [3.8, 4) is 11.5 Å². The van der Waals surface area contributed by atoms with Gasteiger partial charge in [0.15, 0.2) is 0 Å². The Bertz CT molecular complexity index is 863. The maximum atomic E-state index is 13.0. The molecule has 0 spiro atoms. The minimum absolute atomic E-state index is 0.167.